The maximum atomic E-state index is 5.51. The number of morpholine rings is 2. The quantitative estimate of drug-likeness (QED) is 0.773. The van der Waals surface area contributed by atoms with E-state index in [1.807, 2.05) is 12.1 Å². The van der Waals surface area contributed by atoms with Crippen LogP contribution in [-0.2, 0) is 9.47 Å². The molecular weight excluding hydrogens is 298 g/mol. The number of nitrogens with zero attached hydrogens (tertiary/aromatic N) is 3. The Morgan fingerprint density at radius 1 is 1.00 bits per heavy atom. The number of thiocarbonyl (C=S) groups is 1. The van der Waals surface area contributed by atoms with Crippen molar-refractivity contribution in [2.24, 2.45) is 0 Å². The number of hydrogen-bond donors (Lipinski definition) is 0. The second kappa shape index (κ2) is 7.92. The van der Waals surface area contributed by atoms with Crippen LogP contribution in [0.5, 0.6) is 0 Å². The van der Waals surface area contributed by atoms with Gasteiger partial charge < -0.3 is 9.47 Å². The lowest BCUT2D eigenvalue weighted by Gasteiger charge is -2.43. The molecule has 0 amide bonds. The van der Waals surface area contributed by atoms with Gasteiger partial charge in [0.15, 0.2) is 0 Å². The minimum Gasteiger partial charge on any atom is -0.379 e. The fourth-order valence-corrected chi connectivity index (χ4v) is 3.26. The Kier molecular flexibility index (Phi) is 5.67. The molecule has 0 unspecified atom stereocenters. The predicted molar refractivity (Wildman–Crippen MR) is 88.8 cm³/mol. The molecule has 2 aliphatic heterocycles. The molecule has 3 rings (SSSR count). The van der Waals surface area contributed by atoms with Gasteiger partial charge >= 0.3 is 0 Å². The van der Waals surface area contributed by atoms with Crippen LogP contribution >= 0.6 is 12.2 Å². The zero-order valence-electron chi connectivity index (χ0n) is 12.6. The van der Waals surface area contributed by atoms with Crippen LogP contribution < -0.4 is 0 Å². The highest BCUT2D eigenvalue weighted by Crippen LogP contribution is 2.24. The third kappa shape index (κ3) is 3.60. The lowest BCUT2D eigenvalue weighted by molar-refractivity contribution is -0.0453. The van der Waals surface area contributed by atoms with Crippen molar-refractivity contribution < 1.29 is 9.47 Å². The summed E-state index contributed by atoms with van der Waals surface area (Å²) < 4.78 is 11.0. The zero-order chi connectivity index (χ0) is 15.2. The molecule has 1 aromatic heterocycles. The third-order valence-electron chi connectivity index (χ3n) is 4.14. The van der Waals surface area contributed by atoms with Crippen LogP contribution in [0, 0.1) is 0 Å². The Morgan fingerprint density at radius 2 is 1.50 bits per heavy atom. The van der Waals surface area contributed by atoms with Gasteiger partial charge in [-0.05, 0) is 34.9 Å². The first-order valence-corrected chi connectivity index (χ1v) is 8.10. The number of hydrogen-bond acceptors (Lipinski definition) is 6. The van der Waals surface area contributed by atoms with Gasteiger partial charge in [-0.25, -0.2) is 0 Å². The number of ether oxygens (including phenoxy) is 2. The summed E-state index contributed by atoms with van der Waals surface area (Å²) in [5.41, 5.74) is 2.13. The maximum absolute atomic E-state index is 5.51. The molecule has 0 bridgehead atoms. The molecular formula is C16H21N3O2S. The highest BCUT2D eigenvalue weighted by atomic mass is 32.1. The molecule has 0 spiro atoms. The van der Waals surface area contributed by atoms with E-state index in [1.54, 1.807) is 12.4 Å². The van der Waals surface area contributed by atoms with Crippen molar-refractivity contribution >= 4 is 22.8 Å². The van der Waals surface area contributed by atoms with Gasteiger partial charge in [0, 0.05) is 44.1 Å². The normalized spacial score (nSPS) is 20.8. The number of rotatable bonds is 4. The average Bonchev–Trinajstić information content (AvgIpc) is 2.62. The van der Waals surface area contributed by atoms with Gasteiger partial charge in [0.05, 0.1) is 32.6 Å². The van der Waals surface area contributed by atoms with Crippen LogP contribution in [0.2, 0.25) is 0 Å². The van der Waals surface area contributed by atoms with Crippen molar-refractivity contribution in [2.45, 2.75) is 6.17 Å². The average molecular weight is 319 g/mol. The van der Waals surface area contributed by atoms with Gasteiger partial charge in [-0.2, -0.15) is 0 Å². The second-order valence-electron chi connectivity index (χ2n) is 5.42. The van der Waals surface area contributed by atoms with E-state index in [4.69, 9.17) is 21.7 Å². The Morgan fingerprint density at radius 3 is 1.95 bits per heavy atom. The highest BCUT2D eigenvalue weighted by molar-refractivity contribution is 7.78. The smallest absolute Gasteiger partial charge is 0.0977 e. The van der Waals surface area contributed by atoms with Gasteiger partial charge in [0.2, 0.25) is 0 Å². The Labute approximate surface area is 136 Å². The van der Waals surface area contributed by atoms with Crippen LogP contribution in [0.1, 0.15) is 5.56 Å². The van der Waals surface area contributed by atoms with Crippen LogP contribution in [0.4, 0.5) is 0 Å². The van der Waals surface area contributed by atoms with Gasteiger partial charge in [0.1, 0.15) is 0 Å². The van der Waals surface area contributed by atoms with E-state index in [1.165, 1.54) is 0 Å². The fourth-order valence-electron chi connectivity index (χ4n) is 3.03. The molecule has 0 aromatic carbocycles. The van der Waals surface area contributed by atoms with Crippen LogP contribution in [0.25, 0.3) is 5.57 Å². The summed E-state index contributed by atoms with van der Waals surface area (Å²) in [5, 5.41) is 3.02. The molecule has 22 heavy (non-hydrogen) atoms. The number of aromatic nitrogens is 1. The molecule has 5 nitrogen and oxygen atoms in total. The molecule has 6 heteroatoms. The van der Waals surface area contributed by atoms with Crippen molar-refractivity contribution in [1.29, 1.82) is 0 Å². The van der Waals surface area contributed by atoms with E-state index in [0.717, 1.165) is 63.7 Å². The summed E-state index contributed by atoms with van der Waals surface area (Å²) in [6.07, 6.45) is 3.74. The van der Waals surface area contributed by atoms with E-state index in [-0.39, 0.29) is 6.17 Å². The topological polar surface area (TPSA) is 37.8 Å². The lowest BCUT2D eigenvalue weighted by Crippen LogP contribution is -2.55. The van der Waals surface area contributed by atoms with E-state index in [2.05, 4.69) is 19.8 Å². The zero-order valence-corrected chi connectivity index (χ0v) is 13.4. The SMILES string of the molecule is S=C=C(c1ccncc1)C(N1CCOCC1)N1CCOCC1. The van der Waals surface area contributed by atoms with Crippen molar-refractivity contribution in [2.75, 3.05) is 52.6 Å². The van der Waals surface area contributed by atoms with Crippen molar-refractivity contribution in [1.82, 2.24) is 14.8 Å². The van der Waals surface area contributed by atoms with Gasteiger partial charge in [0.25, 0.3) is 0 Å². The summed E-state index contributed by atoms with van der Waals surface area (Å²) >= 11 is 5.25. The van der Waals surface area contributed by atoms with E-state index in [0.29, 0.717) is 0 Å². The third-order valence-corrected chi connectivity index (χ3v) is 4.36. The molecule has 2 aliphatic rings. The molecule has 3 heterocycles. The van der Waals surface area contributed by atoms with Gasteiger partial charge in [-0.3, -0.25) is 14.8 Å². The molecule has 0 aliphatic carbocycles. The maximum Gasteiger partial charge on any atom is 0.0977 e. The predicted octanol–water partition coefficient (Wildman–Crippen LogP) is 1.05. The molecule has 2 saturated heterocycles. The van der Waals surface area contributed by atoms with Crippen LogP contribution in [0.3, 0.4) is 0 Å². The van der Waals surface area contributed by atoms with Crippen molar-refractivity contribution in [3.63, 3.8) is 0 Å². The van der Waals surface area contributed by atoms with Crippen molar-refractivity contribution in [3.05, 3.63) is 30.1 Å². The molecule has 1 aromatic rings. The first kappa shape index (κ1) is 15.7. The molecule has 0 saturated carbocycles. The lowest BCUT2D eigenvalue weighted by atomic mass is 10.0. The minimum absolute atomic E-state index is 0.132. The summed E-state index contributed by atoms with van der Waals surface area (Å²) in [7, 11) is 0. The molecule has 0 N–H and O–H groups in total. The van der Waals surface area contributed by atoms with Crippen LogP contribution in [-0.4, -0.2) is 78.6 Å². The number of pyridine rings is 1. The van der Waals surface area contributed by atoms with E-state index >= 15 is 0 Å². The summed E-state index contributed by atoms with van der Waals surface area (Å²) in [4.78, 5) is 8.97. The Balaban J connectivity index is 1.90. The van der Waals surface area contributed by atoms with Gasteiger partial charge in [-0.15, -0.1) is 0 Å². The molecule has 2 fully saturated rings. The minimum atomic E-state index is 0.132. The monoisotopic (exact) mass is 319 g/mol. The first-order valence-electron chi connectivity index (χ1n) is 7.69. The Hall–Kier alpha value is -1.14. The van der Waals surface area contributed by atoms with E-state index in [9.17, 15) is 0 Å². The molecule has 0 atom stereocenters. The standard InChI is InChI=1S/C16H21N3O2S/c22-13-15(14-1-3-17-4-2-14)16(18-5-9-20-10-6-18)19-7-11-21-12-8-19/h1-4,16H,5-12H2. The second-order valence-corrected chi connectivity index (χ2v) is 5.63. The van der Waals surface area contributed by atoms with Gasteiger partial charge in [-0.1, -0.05) is 0 Å². The fraction of sp³-hybridized carbons (Fsp3) is 0.562. The summed E-state index contributed by atoms with van der Waals surface area (Å²) in [5.74, 6) is 0. The van der Waals surface area contributed by atoms with Crippen LogP contribution in [0.15, 0.2) is 24.5 Å². The Bertz CT molecular complexity index is 503. The summed E-state index contributed by atoms with van der Waals surface area (Å²) in [6.45, 7) is 6.70. The molecule has 0 radical (unpaired) electrons. The van der Waals surface area contributed by atoms with E-state index < -0.39 is 0 Å². The highest BCUT2D eigenvalue weighted by Gasteiger charge is 2.31. The largest absolute Gasteiger partial charge is 0.379 e. The summed E-state index contributed by atoms with van der Waals surface area (Å²) in [6, 6.07) is 4.01. The first-order chi connectivity index (χ1) is 10.9. The molecule has 118 valence electrons. The van der Waals surface area contributed by atoms with Crippen molar-refractivity contribution in [3.8, 4) is 0 Å².